The Bertz CT molecular complexity index is 915. The highest BCUT2D eigenvalue weighted by Gasteiger charge is 2.28. The van der Waals surface area contributed by atoms with Crippen molar-refractivity contribution in [2.75, 3.05) is 58.8 Å². The van der Waals surface area contributed by atoms with E-state index >= 15 is 0 Å². The van der Waals surface area contributed by atoms with Crippen molar-refractivity contribution in [2.24, 2.45) is 12.0 Å². The molecular formula is C22H34IN7O2. The fraction of sp³-hybridized carbons (Fsp3) is 0.500. The molecule has 1 saturated heterocycles. The van der Waals surface area contributed by atoms with Crippen LogP contribution >= 0.6 is 24.0 Å². The van der Waals surface area contributed by atoms with Gasteiger partial charge in [0, 0.05) is 32.9 Å². The van der Waals surface area contributed by atoms with Gasteiger partial charge in [-0.05, 0) is 38.7 Å². The number of nitrogens with zero attached hydrogens (tertiary/aromatic N) is 6. The van der Waals surface area contributed by atoms with E-state index in [0.717, 1.165) is 29.5 Å². The fourth-order valence-corrected chi connectivity index (χ4v) is 3.69. The Balaban J connectivity index is 0.00000363. The van der Waals surface area contributed by atoms with E-state index in [9.17, 15) is 4.79 Å². The summed E-state index contributed by atoms with van der Waals surface area (Å²) in [6.07, 6.45) is 3.59. The fourth-order valence-electron chi connectivity index (χ4n) is 3.69. The van der Waals surface area contributed by atoms with Crippen molar-refractivity contribution in [3.8, 4) is 5.75 Å². The third-order valence-corrected chi connectivity index (χ3v) is 5.37. The second kappa shape index (κ2) is 12.0. The lowest BCUT2D eigenvalue weighted by Gasteiger charge is -2.35. The summed E-state index contributed by atoms with van der Waals surface area (Å²) in [5, 5.41) is 7.52. The standard InChI is InChI=1S/C22H33N7O2.HI/c1-6-23-22(24-14-20(26(2)3)17-8-7-9-19(12-17)31-5)28-10-11-29(21(30)16-28)18-13-25-27(4)15-18;/h7-9,12-13,15,20H,6,10-11,14,16H2,1-5H3,(H,23,24);1H. The topological polar surface area (TPSA) is 78.2 Å². The zero-order chi connectivity index (χ0) is 22.4. The molecule has 1 amide bonds. The molecular weight excluding hydrogens is 521 g/mol. The molecule has 1 atom stereocenters. The number of carbonyl (C=O) groups excluding carboxylic acids is 1. The molecule has 1 unspecified atom stereocenters. The Morgan fingerprint density at radius 2 is 2.12 bits per heavy atom. The number of amides is 1. The summed E-state index contributed by atoms with van der Waals surface area (Å²) in [7, 11) is 7.61. The average molecular weight is 555 g/mol. The molecule has 1 fully saturated rings. The second-order valence-corrected chi connectivity index (χ2v) is 7.79. The molecule has 3 rings (SSSR count). The number of aryl methyl sites for hydroxylation is 1. The van der Waals surface area contributed by atoms with Crippen LogP contribution in [-0.2, 0) is 11.8 Å². The van der Waals surface area contributed by atoms with Crippen LogP contribution in [0.2, 0.25) is 0 Å². The smallest absolute Gasteiger partial charge is 0.246 e. The van der Waals surface area contributed by atoms with Gasteiger partial charge in [-0.3, -0.25) is 14.5 Å². The number of likely N-dealkylation sites (N-methyl/N-ethyl adjacent to an activating group) is 1. The quantitative estimate of drug-likeness (QED) is 0.320. The summed E-state index contributed by atoms with van der Waals surface area (Å²) < 4.78 is 7.09. The largest absolute Gasteiger partial charge is 0.497 e. The van der Waals surface area contributed by atoms with Crippen molar-refractivity contribution in [1.82, 2.24) is 24.9 Å². The summed E-state index contributed by atoms with van der Waals surface area (Å²) in [6, 6.07) is 8.17. The van der Waals surface area contributed by atoms with Crippen LogP contribution in [0.3, 0.4) is 0 Å². The van der Waals surface area contributed by atoms with E-state index in [0.29, 0.717) is 19.6 Å². The van der Waals surface area contributed by atoms with Crippen LogP contribution < -0.4 is 15.0 Å². The number of rotatable bonds is 7. The highest BCUT2D eigenvalue weighted by atomic mass is 127. The molecule has 1 N–H and O–H groups in total. The van der Waals surface area contributed by atoms with Gasteiger partial charge in [0.05, 0.1) is 31.6 Å². The molecule has 0 aliphatic carbocycles. The Hall–Kier alpha value is -2.34. The lowest BCUT2D eigenvalue weighted by Crippen LogP contribution is -2.55. The molecule has 1 aromatic carbocycles. The first kappa shape index (κ1) is 25.9. The van der Waals surface area contributed by atoms with E-state index < -0.39 is 0 Å². The molecule has 0 radical (unpaired) electrons. The summed E-state index contributed by atoms with van der Waals surface area (Å²) in [6.45, 7) is 4.93. The van der Waals surface area contributed by atoms with Crippen LogP contribution in [0.5, 0.6) is 5.75 Å². The zero-order valence-corrected chi connectivity index (χ0v) is 21.8. The number of methoxy groups -OCH3 is 1. The number of piperazine rings is 1. The molecule has 2 heterocycles. The second-order valence-electron chi connectivity index (χ2n) is 7.79. The number of hydrogen-bond donors (Lipinski definition) is 1. The maximum atomic E-state index is 12.8. The molecule has 0 saturated carbocycles. The predicted octanol–water partition coefficient (Wildman–Crippen LogP) is 1.96. The van der Waals surface area contributed by atoms with Crippen LogP contribution in [0.15, 0.2) is 41.7 Å². The Labute approximate surface area is 207 Å². The summed E-state index contributed by atoms with van der Waals surface area (Å²) in [5.74, 6) is 1.63. The lowest BCUT2D eigenvalue weighted by atomic mass is 10.1. The van der Waals surface area contributed by atoms with Gasteiger partial charge in [-0.1, -0.05) is 12.1 Å². The van der Waals surface area contributed by atoms with Gasteiger partial charge in [0.2, 0.25) is 5.91 Å². The number of carbonyl (C=O) groups is 1. The van der Waals surface area contributed by atoms with E-state index in [1.807, 2.05) is 57.4 Å². The summed E-state index contributed by atoms with van der Waals surface area (Å²) in [4.78, 5) is 23.6. The first-order valence-electron chi connectivity index (χ1n) is 10.6. The maximum Gasteiger partial charge on any atom is 0.246 e. The Morgan fingerprint density at radius 1 is 1.34 bits per heavy atom. The average Bonchev–Trinajstić information content (AvgIpc) is 3.19. The molecule has 1 aliphatic rings. The van der Waals surface area contributed by atoms with Crippen LogP contribution in [0.25, 0.3) is 0 Å². The normalized spacial score (nSPS) is 15.6. The van der Waals surface area contributed by atoms with Gasteiger partial charge >= 0.3 is 0 Å². The van der Waals surface area contributed by atoms with Crippen LogP contribution in [0.4, 0.5) is 5.69 Å². The molecule has 10 heteroatoms. The third kappa shape index (κ3) is 6.35. The minimum atomic E-state index is 0. The number of anilines is 1. The van der Waals surface area contributed by atoms with Gasteiger partial charge in [0.25, 0.3) is 0 Å². The lowest BCUT2D eigenvalue weighted by molar-refractivity contribution is -0.120. The van der Waals surface area contributed by atoms with E-state index in [-0.39, 0.29) is 42.5 Å². The van der Waals surface area contributed by atoms with Crippen molar-refractivity contribution in [3.05, 3.63) is 42.2 Å². The number of aliphatic imine (C=N–C) groups is 1. The van der Waals surface area contributed by atoms with Crippen LogP contribution in [-0.4, -0.2) is 85.4 Å². The maximum absolute atomic E-state index is 12.8. The molecule has 1 aromatic heterocycles. The Kier molecular flexibility index (Phi) is 9.76. The molecule has 0 spiro atoms. The number of guanidine groups is 1. The number of hydrogen-bond acceptors (Lipinski definition) is 5. The van der Waals surface area contributed by atoms with E-state index in [1.165, 1.54) is 0 Å². The minimum absolute atomic E-state index is 0. The van der Waals surface area contributed by atoms with E-state index in [2.05, 4.69) is 21.4 Å². The van der Waals surface area contributed by atoms with Crippen molar-refractivity contribution in [3.63, 3.8) is 0 Å². The van der Waals surface area contributed by atoms with Crippen LogP contribution in [0.1, 0.15) is 18.5 Å². The number of halogens is 1. The molecule has 0 bridgehead atoms. The van der Waals surface area contributed by atoms with Crippen molar-refractivity contribution < 1.29 is 9.53 Å². The van der Waals surface area contributed by atoms with E-state index in [4.69, 9.17) is 9.73 Å². The molecule has 32 heavy (non-hydrogen) atoms. The van der Waals surface area contributed by atoms with Gasteiger partial charge in [-0.15, -0.1) is 24.0 Å². The number of aromatic nitrogens is 2. The molecule has 1 aliphatic heterocycles. The molecule has 2 aromatic rings. The first-order chi connectivity index (χ1) is 14.9. The zero-order valence-electron chi connectivity index (χ0n) is 19.5. The van der Waals surface area contributed by atoms with Gasteiger partial charge < -0.3 is 24.8 Å². The van der Waals surface area contributed by atoms with Crippen molar-refractivity contribution in [2.45, 2.75) is 13.0 Å². The van der Waals surface area contributed by atoms with Gasteiger partial charge in [0.1, 0.15) is 12.3 Å². The predicted molar refractivity (Wildman–Crippen MR) is 138 cm³/mol. The van der Waals surface area contributed by atoms with Gasteiger partial charge in [-0.25, -0.2) is 0 Å². The van der Waals surface area contributed by atoms with Gasteiger partial charge in [0.15, 0.2) is 5.96 Å². The van der Waals surface area contributed by atoms with Crippen molar-refractivity contribution in [1.29, 1.82) is 0 Å². The monoisotopic (exact) mass is 555 g/mol. The summed E-state index contributed by atoms with van der Waals surface area (Å²) >= 11 is 0. The molecule has 9 nitrogen and oxygen atoms in total. The number of benzene rings is 1. The van der Waals surface area contributed by atoms with E-state index in [1.54, 1.807) is 22.9 Å². The highest BCUT2D eigenvalue weighted by molar-refractivity contribution is 14.0. The summed E-state index contributed by atoms with van der Waals surface area (Å²) in [5.41, 5.74) is 1.97. The Morgan fingerprint density at radius 3 is 2.72 bits per heavy atom. The third-order valence-electron chi connectivity index (χ3n) is 5.37. The van der Waals surface area contributed by atoms with Gasteiger partial charge in [-0.2, -0.15) is 5.10 Å². The SMILES string of the molecule is CCNC(=NCC(c1cccc(OC)c1)N(C)C)N1CCN(c2cnn(C)c2)C(=O)C1.I. The molecule has 176 valence electrons. The number of ether oxygens (including phenoxy) is 1. The van der Waals surface area contributed by atoms with Crippen molar-refractivity contribution >= 4 is 41.5 Å². The first-order valence-corrected chi connectivity index (χ1v) is 10.6. The van der Waals surface area contributed by atoms with Crippen LogP contribution in [0, 0.1) is 0 Å². The number of nitrogens with one attached hydrogen (secondary N) is 1. The highest BCUT2D eigenvalue weighted by Crippen LogP contribution is 2.23. The minimum Gasteiger partial charge on any atom is -0.497 e.